The molecular formula is C17H11FN2O4S. The number of carboxylic acids is 1. The minimum absolute atomic E-state index is 0.132. The van der Waals surface area contributed by atoms with E-state index in [0.29, 0.717) is 27.6 Å². The summed E-state index contributed by atoms with van der Waals surface area (Å²) >= 11 is 0. The molecule has 1 aliphatic heterocycles. The Bertz CT molecular complexity index is 1180. The smallest absolute Gasteiger partial charge is 0.323 e. The van der Waals surface area contributed by atoms with E-state index in [1.165, 1.54) is 47.4 Å². The van der Waals surface area contributed by atoms with Crippen LogP contribution in [0.1, 0.15) is 11.1 Å². The Kier molecular flexibility index (Phi) is 3.26. The highest BCUT2D eigenvalue weighted by Gasteiger charge is 2.29. The van der Waals surface area contributed by atoms with E-state index in [0.717, 1.165) is 5.41 Å². The first kappa shape index (κ1) is 15.5. The lowest BCUT2D eigenvalue weighted by Crippen LogP contribution is -2.07. The average Bonchev–Trinajstić information content (AvgIpc) is 3.02. The Hall–Kier alpha value is -3.00. The summed E-state index contributed by atoms with van der Waals surface area (Å²) in [4.78, 5) is 15.2. The molecule has 0 atom stereocenters. The largest absolute Gasteiger partial charge is 0.480 e. The van der Waals surface area contributed by atoms with Crippen LogP contribution in [0.4, 0.5) is 4.39 Å². The zero-order chi connectivity index (χ0) is 17.8. The van der Waals surface area contributed by atoms with E-state index >= 15 is 0 Å². The highest BCUT2D eigenvalue weighted by molar-refractivity contribution is 7.95. The van der Waals surface area contributed by atoms with Crippen LogP contribution in [-0.2, 0) is 21.2 Å². The van der Waals surface area contributed by atoms with Crippen molar-refractivity contribution >= 4 is 32.3 Å². The second kappa shape index (κ2) is 5.25. The lowest BCUT2D eigenvalue weighted by Gasteiger charge is -2.02. The first-order chi connectivity index (χ1) is 11.9. The predicted molar refractivity (Wildman–Crippen MR) is 88.0 cm³/mol. The van der Waals surface area contributed by atoms with Crippen molar-refractivity contribution in [1.29, 1.82) is 0 Å². The van der Waals surface area contributed by atoms with E-state index in [9.17, 15) is 17.6 Å². The third-order valence-corrected chi connectivity index (χ3v) is 5.60. The minimum Gasteiger partial charge on any atom is -0.480 e. The number of nitrogens with zero attached hydrogens (tertiary/aromatic N) is 2. The molecule has 1 N–H and O–H groups in total. The molecule has 0 aliphatic carbocycles. The van der Waals surface area contributed by atoms with Gasteiger partial charge >= 0.3 is 5.97 Å². The van der Waals surface area contributed by atoms with Crippen LogP contribution in [0, 0.1) is 5.82 Å². The van der Waals surface area contributed by atoms with Crippen LogP contribution in [0.25, 0.3) is 16.5 Å². The van der Waals surface area contributed by atoms with Gasteiger partial charge in [-0.05, 0) is 24.3 Å². The van der Waals surface area contributed by atoms with Crippen molar-refractivity contribution in [3.63, 3.8) is 0 Å². The van der Waals surface area contributed by atoms with Crippen molar-refractivity contribution in [2.24, 2.45) is 0 Å². The van der Waals surface area contributed by atoms with E-state index in [4.69, 9.17) is 5.11 Å². The Morgan fingerprint density at radius 1 is 1.24 bits per heavy atom. The Morgan fingerprint density at radius 2 is 2.04 bits per heavy atom. The van der Waals surface area contributed by atoms with Crippen LogP contribution in [-0.4, -0.2) is 29.0 Å². The van der Waals surface area contributed by atoms with Gasteiger partial charge in [0, 0.05) is 51.6 Å². The molecule has 4 rings (SSSR count). The maximum atomic E-state index is 13.7. The normalized spacial score (nSPS) is 15.2. The highest BCUT2D eigenvalue weighted by Crippen LogP contribution is 2.40. The summed E-state index contributed by atoms with van der Waals surface area (Å²) in [6.45, 7) is -0.317. The summed E-state index contributed by atoms with van der Waals surface area (Å²) in [5, 5.41) is 10.6. The van der Waals surface area contributed by atoms with E-state index in [-0.39, 0.29) is 11.4 Å². The second-order valence-corrected chi connectivity index (χ2v) is 7.44. The number of pyridine rings is 1. The number of hydrogen-bond acceptors (Lipinski definition) is 4. The van der Waals surface area contributed by atoms with Gasteiger partial charge in [0.1, 0.15) is 12.4 Å². The third kappa shape index (κ3) is 2.42. The summed E-state index contributed by atoms with van der Waals surface area (Å²) < 4.78 is 39.9. The Balaban J connectivity index is 2.02. The van der Waals surface area contributed by atoms with E-state index in [1.54, 1.807) is 0 Å². The molecule has 0 fully saturated rings. The van der Waals surface area contributed by atoms with Gasteiger partial charge in [-0.25, -0.2) is 12.8 Å². The average molecular weight is 358 g/mol. The molecule has 1 aliphatic rings. The minimum atomic E-state index is -3.62. The maximum absolute atomic E-state index is 13.7. The summed E-state index contributed by atoms with van der Waals surface area (Å²) in [7, 11) is -3.62. The van der Waals surface area contributed by atoms with Crippen molar-refractivity contribution in [2.45, 2.75) is 11.4 Å². The zero-order valence-electron chi connectivity index (χ0n) is 12.7. The summed E-state index contributed by atoms with van der Waals surface area (Å²) in [6, 6.07) is 5.39. The van der Waals surface area contributed by atoms with Gasteiger partial charge in [-0.2, -0.15) is 0 Å². The molecule has 3 aromatic rings. The number of carbonyl (C=O) groups is 1. The predicted octanol–water partition coefficient (Wildman–Crippen LogP) is 2.44. The summed E-state index contributed by atoms with van der Waals surface area (Å²) in [6.07, 6.45) is 4.35. The fourth-order valence-corrected chi connectivity index (χ4v) is 4.49. The van der Waals surface area contributed by atoms with Crippen LogP contribution < -0.4 is 0 Å². The van der Waals surface area contributed by atoms with Crippen LogP contribution in [0.15, 0.2) is 53.2 Å². The van der Waals surface area contributed by atoms with Crippen molar-refractivity contribution in [1.82, 2.24) is 9.55 Å². The van der Waals surface area contributed by atoms with Gasteiger partial charge in [-0.1, -0.05) is 0 Å². The van der Waals surface area contributed by atoms with Crippen LogP contribution in [0.5, 0.6) is 0 Å². The molecule has 0 amide bonds. The number of aliphatic carboxylic acids is 1. The van der Waals surface area contributed by atoms with E-state index in [1.807, 2.05) is 0 Å². The van der Waals surface area contributed by atoms with Gasteiger partial charge in [0.05, 0.1) is 4.90 Å². The first-order valence-electron chi connectivity index (χ1n) is 7.28. The van der Waals surface area contributed by atoms with E-state index in [2.05, 4.69) is 4.98 Å². The van der Waals surface area contributed by atoms with Crippen LogP contribution in [0.2, 0.25) is 0 Å². The molecule has 2 aromatic heterocycles. The number of hydrogen-bond donors (Lipinski definition) is 1. The number of halogens is 1. The summed E-state index contributed by atoms with van der Waals surface area (Å²) in [5.41, 5.74) is 1.75. The van der Waals surface area contributed by atoms with Crippen LogP contribution in [0.3, 0.4) is 0 Å². The number of fused-ring (bicyclic) bond motifs is 2. The molecule has 1 aromatic carbocycles. The molecule has 0 bridgehead atoms. The topological polar surface area (TPSA) is 89.3 Å². The van der Waals surface area contributed by atoms with Gasteiger partial charge in [-0.15, -0.1) is 0 Å². The standard InChI is InChI=1S/C17H11FN2O4S/c18-10-1-2-15-11(5-10)13(7-20(15)8-17(21)22)14-9-25(23,24)16-3-4-19-6-12(14)16/h1-7,9H,8H2,(H,21,22). The SMILES string of the molecule is O=C(O)Cn1cc(C2=CS(=O)(=O)c3ccncc32)c2cc(F)ccc21. The number of carboxylic acid groups (broad SMARTS) is 1. The van der Waals surface area contributed by atoms with Crippen molar-refractivity contribution in [3.8, 4) is 0 Å². The number of benzene rings is 1. The quantitative estimate of drug-likeness (QED) is 0.777. The number of sulfone groups is 1. The molecule has 0 radical (unpaired) electrons. The third-order valence-electron chi connectivity index (χ3n) is 4.09. The summed E-state index contributed by atoms with van der Waals surface area (Å²) in [5.74, 6) is -1.54. The fraction of sp³-hybridized carbons (Fsp3) is 0.0588. The van der Waals surface area contributed by atoms with Gasteiger partial charge in [0.25, 0.3) is 0 Å². The second-order valence-electron chi connectivity index (χ2n) is 5.67. The lowest BCUT2D eigenvalue weighted by molar-refractivity contribution is -0.137. The molecule has 3 heterocycles. The molecule has 0 saturated heterocycles. The van der Waals surface area contributed by atoms with Crippen molar-refractivity contribution in [2.75, 3.05) is 0 Å². The van der Waals surface area contributed by atoms with Crippen molar-refractivity contribution in [3.05, 3.63) is 65.2 Å². The first-order valence-corrected chi connectivity index (χ1v) is 8.83. The molecule has 6 nitrogen and oxygen atoms in total. The van der Waals surface area contributed by atoms with Crippen LogP contribution >= 0.6 is 0 Å². The number of rotatable bonds is 3. The van der Waals surface area contributed by atoms with Gasteiger partial charge in [0.2, 0.25) is 9.84 Å². The zero-order valence-corrected chi connectivity index (χ0v) is 13.5. The molecule has 0 spiro atoms. The maximum Gasteiger partial charge on any atom is 0.323 e. The molecular weight excluding hydrogens is 347 g/mol. The number of aromatic nitrogens is 2. The van der Waals surface area contributed by atoms with Crippen molar-refractivity contribution < 1.29 is 22.7 Å². The van der Waals surface area contributed by atoms with Gasteiger partial charge < -0.3 is 9.67 Å². The van der Waals surface area contributed by atoms with E-state index < -0.39 is 21.6 Å². The molecule has 8 heteroatoms. The molecule has 126 valence electrons. The molecule has 25 heavy (non-hydrogen) atoms. The van der Waals surface area contributed by atoms with Gasteiger partial charge in [0.15, 0.2) is 0 Å². The fourth-order valence-electron chi connectivity index (χ4n) is 3.08. The Morgan fingerprint density at radius 3 is 2.80 bits per heavy atom. The lowest BCUT2D eigenvalue weighted by atomic mass is 10.0. The molecule has 0 unspecified atom stereocenters. The monoisotopic (exact) mass is 358 g/mol. The molecule has 0 saturated carbocycles. The van der Waals surface area contributed by atoms with Gasteiger partial charge in [-0.3, -0.25) is 9.78 Å². The Labute approximate surface area is 141 Å². The highest BCUT2D eigenvalue weighted by atomic mass is 32.2.